The second-order valence-corrected chi connectivity index (χ2v) is 3.20. The molecule has 0 saturated carbocycles. The number of alkyl halides is 3. The molecule has 8 heteroatoms. The third-order valence-corrected chi connectivity index (χ3v) is 1.88. The predicted molar refractivity (Wildman–Crippen MR) is 48.0 cm³/mol. The van der Waals surface area contributed by atoms with Gasteiger partial charge in [-0.3, -0.25) is 4.79 Å². The Morgan fingerprint density at radius 1 is 1.47 bits per heavy atom. The third kappa shape index (κ3) is 3.82. The fraction of sp³-hybridized carbons (Fsp3) is 0.333. The van der Waals surface area contributed by atoms with Gasteiger partial charge in [0.1, 0.15) is 6.04 Å². The van der Waals surface area contributed by atoms with Crippen LogP contribution < -0.4 is 5.32 Å². The molecule has 2 N–H and O–H groups in total. The van der Waals surface area contributed by atoms with Crippen LogP contribution in [0.25, 0.3) is 0 Å². The van der Waals surface area contributed by atoms with Crippen molar-refractivity contribution in [3.05, 3.63) is 24.2 Å². The van der Waals surface area contributed by atoms with E-state index in [1.165, 1.54) is 23.9 Å². The quantitative estimate of drug-likeness (QED) is 0.835. The molecule has 1 rings (SSSR count). The number of carboxylic acid groups (broad SMARTS) is 1. The second-order valence-electron chi connectivity index (χ2n) is 3.20. The van der Waals surface area contributed by atoms with Crippen molar-refractivity contribution in [3.63, 3.8) is 0 Å². The lowest BCUT2D eigenvalue weighted by Crippen LogP contribution is -2.47. The topological polar surface area (TPSA) is 79.5 Å². The lowest BCUT2D eigenvalue weighted by atomic mass is 10.1. The van der Waals surface area contributed by atoms with E-state index in [2.05, 4.69) is 4.42 Å². The zero-order valence-electron chi connectivity index (χ0n) is 8.32. The minimum absolute atomic E-state index is 0.284. The summed E-state index contributed by atoms with van der Waals surface area (Å²) in [7, 11) is 0. The van der Waals surface area contributed by atoms with E-state index >= 15 is 0 Å². The van der Waals surface area contributed by atoms with Crippen LogP contribution in [-0.2, 0) is 16.0 Å². The number of halogens is 3. The Hall–Kier alpha value is -1.99. The Morgan fingerprint density at radius 3 is 2.53 bits per heavy atom. The Labute approximate surface area is 93.2 Å². The highest BCUT2D eigenvalue weighted by Gasteiger charge is 2.40. The molecule has 5 nitrogen and oxygen atoms in total. The monoisotopic (exact) mass is 251 g/mol. The lowest BCUT2D eigenvalue weighted by Gasteiger charge is -2.14. The van der Waals surface area contributed by atoms with Gasteiger partial charge in [0.15, 0.2) is 0 Å². The summed E-state index contributed by atoms with van der Waals surface area (Å²) in [5, 5.41) is 10.1. The van der Waals surface area contributed by atoms with Crippen LogP contribution in [-0.4, -0.2) is 29.2 Å². The van der Waals surface area contributed by atoms with Crippen LogP contribution in [0.2, 0.25) is 0 Å². The molecule has 0 aliphatic rings. The fourth-order valence-electron chi connectivity index (χ4n) is 1.08. The summed E-state index contributed by atoms with van der Waals surface area (Å²) in [5.74, 6) is -3.84. The van der Waals surface area contributed by atoms with E-state index < -0.39 is 24.1 Å². The van der Waals surface area contributed by atoms with Crippen LogP contribution in [0.3, 0.4) is 0 Å². The standard InChI is InChI=1S/C9H8F3NO4/c10-9(11,12)8(16)13-6(7(14)15)3-5-1-2-17-4-5/h1-2,4,6H,3H2,(H,13,16)(H,14,15). The number of hydrogen-bond acceptors (Lipinski definition) is 3. The molecule has 0 radical (unpaired) electrons. The minimum Gasteiger partial charge on any atom is -0.480 e. The van der Waals surface area contributed by atoms with Crippen LogP contribution in [0, 0.1) is 0 Å². The normalized spacial score (nSPS) is 13.1. The molecule has 1 aromatic heterocycles. The first kappa shape index (κ1) is 13.1. The van der Waals surface area contributed by atoms with E-state index in [1.807, 2.05) is 0 Å². The van der Waals surface area contributed by atoms with Crippen LogP contribution >= 0.6 is 0 Å². The molecule has 1 heterocycles. The SMILES string of the molecule is O=C(O)C(Cc1ccoc1)NC(=O)C(F)(F)F. The average molecular weight is 251 g/mol. The molecular formula is C9H8F3NO4. The number of nitrogens with one attached hydrogen (secondary N) is 1. The van der Waals surface area contributed by atoms with Crippen molar-refractivity contribution in [2.24, 2.45) is 0 Å². The highest BCUT2D eigenvalue weighted by atomic mass is 19.4. The summed E-state index contributed by atoms with van der Waals surface area (Å²) in [4.78, 5) is 21.3. The van der Waals surface area contributed by atoms with Crippen LogP contribution in [0.4, 0.5) is 13.2 Å². The van der Waals surface area contributed by atoms with Gasteiger partial charge in [0.2, 0.25) is 0 Å². The second kappa shape index (κ2) is 4.89. The molecule has 17 heavy (non-hydrogen) atoms. The van der Waals surface area contributed by atoms with Crippen molar-refractivity contribution in [3.8, 4) is 0 Å². The fourth-order valence-corrected chi connectivity index (χ4v) is 1.08. The molecule has 0 spiro atoms. The van der Waals surface area contributed by atoms with Gasteiger partial charge in [-0.25, -0.2) is 4.79 Å². The van der Waals surface area contributed by atoms with Gasteiger partial charge in [-0.15, -0.1) is 0 Å². The molecular weight excluding hydrogens is 243 g/mol. The van der Waals surface area contributed by atoms with Crippen molar-refractivity contribution in [2.75, 3.05) is 0 Å². The number of amides is 1. The molecule has 0 aromatic carbocycles. The number of furan rings is 1. The van der Waals surface area contributed by atoms with Gasteiger partial charge < -0.3 is 14.8 Å². The van der Waals surface area contributed by atoms with Crippen molar-refractivity contribution in [2.45, 2.75) is 18.6 Å². The maximum atomic E-state index is 11.9. The Bertz CT molecular complexity index is 399. The third-order valence-electron chi connectivity index (χ3n) is 1.88. The van der Waals surface area contributed by atoms with Crippen molar-refractivity contribution >= 4 is 11.9 Å². The van der Waals surface area contributed by atoms with E-state index in [-0.39, 0.29) is 6.42 Å². The first-order valence-corrected chi connectivity index (χ1v) is 4.42. The van der Waals surface area contributed by atoms with E-state index in [0.29, 0.717) is 5.56 Å². The van der Waals surface area contributed by atoms with Crippen molar-refractivity contribution in [1.29, 1.82) is 0 Å². The van der Waals surface area contributed by atoms with Crippen LogP contribution in [0.15, 0.2) is 23.0 Å². The highest BCUT2D eigenvalue weighted by Crippen LogP contribution is 2.15. The molecule has 0 aliphatic carbocycles. The first-order chi connectivity index (χ1) is 7.80. The summed E-state index contributed by atoms with van der Waals surface area (Å²) >= 11 is 0. The summed E-state index contributed by atoms with van der Waals surface area (Å²) in [6.45, 7) is 0. The number of carbonyl (C=O) groups is 2. The van der Waals surface area contributed by atoms with Crippen LogP contribution in [0.1, 0.15) is 5.56 Å². The number of aliphatic carboxylic acids is 1. The zero-order chi connectivity index (χ0) is 13.1. The first-order valence-electron chi connectivity index (χ1n) is 4.42. The highest BCUT2D eigenvalue weighted by molar-refractivity contribution is 5.87. The molecule has 0 fully saturated rings. The molecule has 0 saturated heterocycles. The van der Waals surface area contributed by atoms with Crippen molar-refractivity contribution in [1.82, 2.24) is 5.32 Å². The summed E-state index contributed by atoms with van der Waals surface area (Å²) in [6, 6.07) is -0.253. The molecule has 1 aromatic rings. The van der Waals surface area contributed by atoms with Gasteiger partial charge in [-0.05, 0) is 11.6 Å². The molecule has 94 valence electrons. The number of carbonyl (C=O) groups excluding carboxylic acids is 1. The Balaban J connectivity index is 2.68. The summed E-state index contributed by atoms with van der Waals surface area (Å²) in [6.07, 6.45) is -2.95. The van der Waals surface area contributed by atoms with Gasteiger partial charge in [0, 0.05) is 6.42 Å². The van der Waals surface area contributed by atoms with E-state index in [9.17, 15) is 22.8 Å². The maximum Gasteiger partial charge on any atom is 0.471 e. The number of rotatable bonds is 4. The van der Waals surface area contributed by atoms with Gasteiger partial charge in [0.05, 0.1) is 12.5 Å². The van der Waals surface area contributed by atoms with E-state index in [1.54, 1.807) is 0 Å². The molecule has 1 amide bonds. The molecule has 1 unspecified atom stereocenters. The number of carboxylic acids is 1. The predicted octanol–water partition coefficient (Wildman–Crippen LogP) is 0.954. The summed E-state index contributed by atoms with van der Waals surface area (Å²) < 4.78 is 40.4. The van der Waals surface area contributed by atoms with Crippen molar-refractivity contribution < 1.29 is 32.3 Å². The number of hydrogen-bond donors (Lipinski definition) is 2. The Kier molecular flexibility index (Phi) is 3.77. The molecule has 0 bridgehead atoms. The molecule has 1 atom stereocenters. The van der Waals surface area contributed by atoms with Crippen LogP contribution in [0.5, 0.6) is 0 Å². The van der Waals surface area contributed by atoms with E-state index in [4.69, 9.17) is 5.11 Å². The maximum absolute atomic E-state index is 11.9. The average Bonchev–Trinajstić information content (AvgIpc) is 2.67. The smallest absolute Gasteiger partial charge is 0.471 e. The van der Waals surface area contributed by atoms with Gasteiger partial charge >= 0.3 is 18.1 Å². The van der Waals surface area contributed by atoms with E-state index in [0.717, 1.165) is 0 Å². The molecule has 0 aliphatic heterocycles. The minimum atomic E-state index is -5.11. The van der Waals surface area contributed by atoms with Gasteiger partial charge in [-0.1, -0.05) is 0 Å². The largest absolute Gasteiger partial charge is 0.480 e. The lowest BCUT2D eigenvalue weighted by molar-refractivity contribution is -0.175. The Morgan fingerprint density at radius 2 is 2.12 bits per heavy atom. The van der Waals surface area contributed by atoms with Gasteiger partial charge in [-0.2, -0.15) is 13.2 Å². The summed E-state index contributed by atoms with van der Waals surface area (Å²) in [5.41, 5.74) is 0.375. The zero-order valence-corrected chi connectivity index (χ0v) is 8.32. The van der Waals surface area contributed by atoms with Gasteiger partial charge in [0.25, 0.3) is 0 Å².